The molecule has 2 heterocycles. The molecule has 1 aliphatic carbocycles. The zero-order valence-corrected chi connectivity index (χ0v) is 26.2. The van der Waals surface area contributed by atoms with E-state index in [1.807, 2.05) is 18.2 Å². The number of carbonyl (C=O) groups excluding carboxylic acids is 3. The average molecular weight is 657 g/mol. The summed E-state index contributed by atoms with van der Waals surface area (Å²) in [7, 11) is 2.49. The van der Waals surface area contributed by atoms with Crippen LogP contribution in [-0.4, -0.2) is 92.0 Å². The van der Waals surface area contributed by atoms with Crippen molar-refractivity contribution in [2.75, 3.05) is 47.1 Å². The van der Waals surface area contributed by atoms with Crippen molar-refractivity contribution in [1.82, 2.24) is 20.4 Å². The molecule has 3 aliphatic rings. The molecule has 47 heavy (non-hydrogen) atoms. The van der Waals surface area contributed by atoms with E-state index >= 15 is 0 Å². The van der Waals surface area contributed by atoms with E-state index in [9.17, 15) is 28.0 Å². The van der Waals surface area contributed by atoms with Gasteiger partial charge in [0, 0.05) is 38.7 Å². The van der Waals surface area contributed by atoms with E-state index in [0.29, 0.717) is 11.8 Å². The van der Waals surface area contributed by atoms with Gasteiger partial charge in [-0.25, -0.2) is 32.9 Å². The fourth-order valence-corrected chi connectivity index (χ4v) is 6.67. The molecule has 2 aliphatic heterocycles. The van der Waals surface area contributed by atoms with Crippen LogP contribution in [0.2, 0.25) is 0 Å². The molecule has 12 nitrogen and oxygen atoms in total. The summed E-state index contributed by atoms with van der Waals surface area (Å²) in [5.74, 6) is -3.21. The molecule has 4 amide bonds. The molecule has 5 rings (SSSR count). The maximum Gasteiger partial charge on any atom is 0.341 e. The summed E-state index contributed by atoms with van der Waals surface area (Å²) in [6.45, 7) is 1.17. The highest BCUT2D eigenvalue weighted by atomic mass is 19.2. The molecule has 0 aromatic heterocycles. The van der Waals surface area contributed by atoms with E-state index in [0.717, 1.165) is 68.5 Å². The molecule has 3 N–H and O–H groups in total. The lowest BCUT2D eigenvalue weighted by Gasteiger charge is -2.47. The molecule has 0 bridgehead atoms. The van der Waals surface area contributed by atoms with E-state index in [4.69, 9.17) is 19.3 Å². The third-order valence-electron chi connectivity index (χ3n) is 8.96. The number of carbonyl (C=O) groups is 4. The number of hydrogen-bond acceptors (Lipinski definition) is 8. The van der Waals surface area contributed by atoms with Crippen molar-refractivity contribution in [1.29, 1.82) is 0 Å². The Bertz CT molecular complexity index is 1540. The number of nitrogens with one attached hydrogen (secondary N) is 2. The number of benzene rings is 2. The largest absolute Gasteiger partial charge is 0.482 e. The van der Waals surface area contributed by atoms with Crippen molar-refractivity contribution in [3.05, 3.63) is 76.5 Å². The Labute approximate surface area is 270 Å². The number of halogens is 2. The Morgan fingerprint density at radius 1 is 1.02 bits per heavy atom. The number of carboxylic acid groups (broad SMARTS) is 1. The summed E-state index contributed by atoms with van der Waals surface area (Å²) in [5, 5.41) is 14.3. The number of hydrogen-bond donors (Lipinski definition) is 3. The van der Waals surface area contributed by atoms with E-state index < -0.39 is 41.7 Å². The third-order valence-corrected chi connectivity index (χ3v) is 8.96. The topological polar surface area (TPSA) is 147 Å². The lowest BCUT2D eigenvalue weighted by molar-refractivity contribution is -0.139. The first-order valence-electron chi connectivity index (χ1n) is 15.4. The summed E-state index contributed by atoms with van der Waals surface area (Å²) >= 11 is 0. The number of nitrogens with zero attached hydrogens (tertiary/aromatic N) is 2. The van der Waals surface area contributed by atoms with Crippen LogP contribution >= 0.6 is 0 Å². The van der Waals surface area contributed by atoms with E-state index in [2.05, 4.69) is 15.5 Å². The maximum atomic E-state index is 14.3. The molecule has 2 aromatic carbocycles. The van der Waals surface area contributed by atoms with Gasteiger partial charge in [-0.05, 0) is 60.9 Å². The number of methoxy groups -OCH3 is 2. The predicted molar refractivity (Wildman–Crippen MR) is 163 cm³/mol. The normalized spacial score (nSPS) is 21.9. The number of likely N-dealkylation sites (tertiary alicyclic amines) is 1. The minimum atomic E-state index is -1.40. The van der Waals surface area contributed by atoms with Crippen LogP contribution in [0.1, 0.15) is 48.8 Å². The number of esters is 1. The van der Waals surface area contributed by atoms with Crippen LogP contribution in [0, 0.1) is 17.6 Å². The Hall–Kier alpha value is -4.56. The smallest absolute Gasteiger partial charge is 0.341 e. The molecule has 1 saturated heterocycles. The first-order chi connectivity index (χ1) is 22.6. The molecule has 14 heteroatoms. The highest BCUT2D eigenvalue weighted by Gasteiger charge is 2.44. The van der Waals surface area contributed by atoms with Gasteiger partial charge in [-0.1, -0.05) is 24.3 Å². The van der Waals surface area contributed by atoms with Gasteiger partial charge in [-0.2, -0.15) is 0 Å². The Morgan fingerprint density at radius 3 is 2.40 bits per heavy atom. The Balaban J connectivity index is 1.19. The molecule has 2 fully saturated rings. The molecular weight excluding hydrogens is 618 g/mol. The van der Waals surface area contributed by atoms with Crippen LogP contribution in [0.4, 0.5) is 18.4 Å². The van der Waals surface area contributed by atoms with Gasteiger partial charge in [0.2, 0.25) is 0 Å². The summed E-state index contributed by atoms with van der Waals surface area (Å²) in [4.78, 5) is 53.7. The fraction of sp³-hybridized carbons (Fsp3) is 0.455. The Morgan fingerprint density at radius 2 is 1.74 bits per heavy atom. The SMILES string of the molecule is COCC1=C(C(=O)OC)[C@H](c2ccc(F)c(F)c2)N(C(=O)NCC2CN([C@H]3CC[C@H](c4ccccc4OCC(=O)O)CC3)C2)C(=O)N1. The number of aliphatic carboxylic acids is 1. The molecule has 1 saturated carbocycles. The van der Waals surface area contributed by atoms with Gasteiger partial charge in [0.15, 0.2) is 18.2 Å². The van der Waals surface area contributed by atoms with Gasteiger partial charge in [0.25, 0.3) is 0 Å². The number of urea groups is 2. The fourth-order valence-electron chi connectivity index (χ4n) is 6.67. The van der Waals surface area contributed by atoms with Gasteiger partial charge in [0.05, 0.1) is 25.0 Å². The van der Waals surface area contributed by atoms with Crippen LogP contribution in [0.15, 0.2) is 53.7 Å². The van der Waals surface area contributed by atoms with E-state index in [1.165, 1.54) is 13.2 Å². The zero-order chi connectivity index (χ0) is 33.7. The summed E-state index contributed by atoms with van der Waals surface area (Å²) in [6.07, 6.45) is 3.81. The van der Waals surface area contributed by atoms with Gasteiger partial charge in [0.1, 0.15) is 11.8 Å². The number of rotatable bonds is 11. The van der Waals surface area contributed by atoms with Crippen LogP contribution in [0.25, 0.3) is 0 Å². The van der Waals surface area contributed by atoms with E-state index in [1.54, 1.807) is 6.07 Å². The van der Waals surface area contributed by atoms with Crippen molar-refractivity contribution in [3.8, 4) is 5.75 Å². The van der Waals surface area contributed by atoms with Gasteiger partial charge in [-0.3, -0.25) is 4.90 Å². The predicted octanol–water partition coefficient (Wildman–Crippen LogP) is 3.94. The van der Waals surface area contributed by atoms with Crippen molar-refractivity contribution < 1.29 is 47.3 Å². The lowest BCUT2D eigenvalue weighted by atomic mass is 9.79. The molecule has 0 spiro atoms. The van der Waals surface area contributed by atoms with Crippen LogP contribution in [0.5, 0.6) is 5.75 Å². The standard InChI is InChI=1S/C33H38F2N4O8/c1-45-17-26-29(31(42)46-2)30(21-9-12-24(34)25(35)13-21)39(33(44)37-26)32(43)36-14-19-15-38(16-19)22-10-7-20(8-11-22)23-5-3-4-6-27(23)47-18-28(40)41/h3-6,9,12-13,19-20,22,30H,7-8,10-11,14-18H2,1-2H3,(H,36,43)(H,37,44)(H,40,41)/t20-,22-,30-/m0/s1. The highest BCUT2D eigenvalue weighted by Crippen LogP contribution is 2.40. The Kier molecular flexibility index (Phi) is 10.7. The quantitative estimate of drug-likeness (QED) is 0.306. The number of ether oxygens (including phenoxy) is 3. The minimum Gasteiger partial charge on any atom is -0.482 e. The summed E-state index contributed by atoms with van der Waals surface area (Å²) in [5.41, 5.74) is 0.934. The van der Waals surface area contributed by atoms with Gasteiger partial charge in [-0.15, -0.1) is 0 Å². The summed E-state index contributed by atoms with van der Waals surface area (Å²) < 4.78 is 43.7. The second-order valence-electron chi connectivity index (χ2n) is 11.9. The molecular formula is C33H38F2N4O8. The van der Waals surface area contributed by atoms with Crippen LogP contribution in [0.3, 0.4) is 0 Å². The number of amides is 4. The molecule has 252 valence electrons. The second-order valence-corrected chi connectivity index (χ2v) is 11.9. The summed E-state index contributed by atoms with van der Waals surface area (Å²) in [6, 6.07) is 7.78. The molecule has 0 unspecified atom stereocenters. The average Bonchev–Trinajstić information content (AvgIpc) is 3.04. The van der Waals surface area contributed by atoms with Gasteiger partial charge < -0.3 is 30.0 Å². The first kappa shape index (κ1) is 33.8. The van der Waals surface area contributed by atoms with Crippen molar-refractivity contribution >= 4 is 24.0 Å². The van der Waals surface area contributed by atoms with Crippen molar-refractivity contribution in [3.63, 3.8) is 0 Å². The zero-order valence-electron chi connectivity index (χ0n) is 26.2. The third kappa shape index (κ3) is 7.54. The number of carboxylic acids is 1. The van der Waals surface area contributed by atoms with Gasteiger partial charge >= 0.3 is 24.0 Å². The molecule has 0 radical (unpaired) electrons. The highest BCUT2D eigenvalue weighted by molar-refractivity contribution is 6.01. The molecule has 1 atom stereocenters. The number of para-hydroxylation sites is 1. The lowest BCUT2D eigenvalue weighted by Crippen LogP contribution is -2.59. The number of imide groups is 1. The molecule has 2 aromatic rings. The second kappa shape index (κ2) is 14.9. The van der Waals surface area contributed by atoms with Crippen LogP contribution < -0.4 is 15.4 Å². The van der Waals surface area contributed by atoms with Crippen molar-refractivity contribution in [2.24, 2.45) is 5.92 Å². The van der Waals surface area contributed by atoms with Crippen molar-refractivity contribution in [2.45, 2.75) is 43.7 Å². The minimum absolute atomic E-state index is 0.00407. The van der Waals surface area contributed by atoms with Crippen LogP contribution in [-0.2, 0) is 19.1 Å². The van der Waals surface area contributed by atoms with E-state index in [-0.39, 0.29) is 48.4 Å². The monoisotopic (exact) mass is 656 g/mol. The maximum absolute atomic E-state index is 14.3. The first-order valence-corrected chi connectivity index (χ1v) is 15.4.